The van der Waals surface area contributed by atoms with E-state index in [2.05, 4.69) is 29.1 Å². The van der Waals surface area contributed by atoms with E-state index in [0.29, 0.717) is 5.75 Å². The topological polar surface area (TPSA) is 66.2 Å². The minimum atomic E-state index is -1.13. The summed E-state index contributed by atoms with van der Waals surface area (Å²) in [5, 5.41) is 8.24. The predicted molar refractivity (Wildman–Crippen MR) is 90.9 cm³/mol. The zero-order valence-corrected chi connectivity index (χ0v) is 14.8. The van der Waals surface area contributed by atoms with Crippen LogP contribution in [0.3, 0.4) is 0 Å². The van der Waals surface area contributed by atoms with Gasteiger partial charge in [-0.15, -0.1) is 5.10 Å². The molecule has 1 aromatic carbocycles. The van der Waals surface area contributed by atoms with Crippen molar-refractivity contribution in [3.8, 4) is 5.75 Å². The molecule has 0 amide bonds. The van der Waals surface area contributed by atoms with E-state index in [1.54, 1.807) is 7.11 Å². The van der Waals surface area contributed by atoms with Crippen LogP contribution in [0.25, 0.3) is 0 Å². The Morgan fingerprint density at radius 1 is 1.22 bits per heavy atom. The van der Waals surface area contributed by atoms with Crippen molar-refractivity contribution < 1.29 is 9.29 Å². The molecule has 0 aliphatic rings. The number of methoxy groups -OCH3 is 1. The fourth-order valence-electron chi connectivity index (χ4n) is 2.24. The minimum absolute atomic E-state index is 0.373. The van der Waals surface area contributed by atoms with Gasteiger partial charge in [0, 0.05) is 6.54 Å². The molecule has 0 N–H and O–H groups in total. The van der Waals surface area contributed by atoms with Crippen molar-refractivity contribution in [2.45, 2.75) is 31.0 Å². The molecule has 23 heavy (non-hydrogen) atoms. The van der Waals surface area contributed by atoms with Crippen LogP contribution in [0.4, 0.5) is 0 Å². The molecule has 7 heteroatoms. The van der Waals surface area contributed by atoms with Crippen molar-refractivity contribution in [2.24, 2.45) is 0 Å². The van der Waals surface area contributed by atoms with Crippen molar-refractivity contribution in [3.05, 3.63) is 36.2 Å². The lowest BCUT2D eigenvalue weighted by Gasteiger charge is -2.17. The van der Waals surface area contributed by atoms with Gasteiger partial charge in [0.2, 0.25) is 0 Å². The summed E-state index contributed by atoms with van der Waals surface area (Å²) in [6.45, 7) is 8.09. The summed E-state index contributed by atoms with van der Waals surface area (Å²) in [5.74, 6) is 1.13. The van der Waals surface area contributed by atoms with Gasteiger partial charge in [0.15, 0.2) is 10.6 Å². The first-order valence-corrected chi connectivity index (χ1v) is 9.12. The highest BCUT2D eigenvalue weighted by Crippen LogP contribution is 2.19. The van der Waals surface area contributed by atoms with Gasteiger partial charge in [0.1, 0.15) is 11.4 Å². The Hall–Kier alpha value is -1.57. The van der Waals surface area contributed by atoms with Gasteiger partial charge in [0.05, 0.1) is 19.9 Å². The highest BCUT2D eigenvalue weighted by atomic mass is 32.2. The third kappa shape index (κ3) is 5.23. The average molecular weight is 336 g/mol. The van der Waals surface area contributed by atoms with Crippen LogP contribution >= 0.6 is 0 Å². The number of benzene rings is 1. The molecule has 1 atom stereocenters. The first-order valence-electron chi connectivity index (χ1n) is 7.80. The lowest BCUT2D eigenvalue weighted by Crippen LogP contribution is -2.27. The smallest absolute Gasteiger partial charge is 0.156 e. The minimum Gasteiger partial charge on any atom is -0.611 e. The molecule has 0 bridgehead atoms. The van der Waals surface area contributed by atoms with Crippen LogP contribution in [0.15, 0.2) is 35.4 Å². The van der Waals surface area contributed by atoms with Crippen molar-refractivity contribution in [1.29, 1.82) is 0 Å². The molecule has 2 rings (SSSR count). The second-order valence-electron chi connectivity index (χ2n) is 5.17. The van der Waals surface area contributed by atoms with Gasteiger partial charge >= 0.3 is 0 Å². The molecule has 0 saturated heterocycles. The summed E-state index contributed by atoms with van der Waals surface area (Å²) in [7, 11) is 1.61. The number of hydrogen-bond acceptors (Lipinski definition) is 5. The summed E-state index contributed by atoms with van der Waals surface area (Å²) < 4.78 is 19.3. The van der Waals surface area contributed by atoms with E-state index in [0.717, 1.165) is 42.5 Å². The van der Waals surface area contributed by atoms with Crippen LogP contribution in [0.1, 0.15) is 19.5 Å². The summed E-state index contributed by atoms with van der Waals surface area (Å²) >= 11 is -1.13. The van der Waals surface area contributed by atoms with E-state index in [-0.39, 0.29) is 0 Å². The van der Waals surface area contributed by atoms with E-state index in [4.69, 9.17) is 4.74 Å². The van der Waals surface area contributed by atoms with Gasteiger partial charge in [-0.2, -0.15) is 0 Å². The molecule has 0 aliphatic heterocycles. The molecule has 1 aromatic heterocycles. The van der Waals surface area contributed by atoms with Gasteiger partial charge < -0.3 is 14.2 Å². The Labute approximate surface area is 140 Å². The van der Waals surface area contributed by atoms with E-state index in [9.17, 15) is 4.55 Å². The first kappa shape index (κ1) is 17.8. The Morgan fingerprint density at radius 2 is 1.91 bits per heavy atom. The van der Waals surface area contributed by atoms with Gasteiger partial charge in [0.25, 0.3) is 0 Å². The van der Waals surface area contributed by atoms with Crippen LogP contribution in [-0.2, 0) is 23.5 Å². The van der Waals surface area contributed by atoms with Crippen LogP contribution in [-0.4, -0.2) is 51.2 Å². The Bertz CT molecular complexity index is 584. The second kappa shape index (κ2) is 8.90. The molecule has 0 spiro atoms. The normalized spacial score (nSPS) is 12.6. The number of rotatable bonds is 9. The maximum absolute atomic E-state index is 12.4. The Balaban J connectivity index is 1.89. The van der Waals surface area contributed by atoms with Crippen molar-refractivity contribution in [2.75, 3.05) is 26.7 Å². The van der Waals surface area contributed by atoms with E-state index in [1.165, 1.54) is 0 Å². The number of ether oxygens (including phenoxy) is 1. The van der Waals surface area contributed by atoms with Crippen LogP contribution in [0, 0.1) is 0 Å². The van der Waals surface area contributed by atoms with Crippen molar-refractivity contribution >= 4 is 11.2 Å². The lowest BCUT2D eigenvalue weighted by atomic mass is 10.3. The van der Waals surface area contributed by atoms with Crippen LogP contribution in [0.5, 0.6) is 5.75 Å². The van der Waals surface area contributed by atoms with Crippen molar-refractivity contribution in [3.63, 3.8) is 0 Å². The molecule has 0 saturated carbocycles. The fourth-order valence-corrected chi connectivity index (χ4v) is 3.25. The molecule has 126 valence electrons. The predicted octanol–water partition coefficient (Wildman–Crippen LogP) is 1.94. The SMILES string of the molecule is CCN(CC)CCn1cc(C[S+]([O-])c2ccc(OC)cc2)nn1. The van der Waals surface area contributed by atoms with Gasteiger partial charge in [-0.05, 0) is 48.5 Å². The maximum Gasteiger partial charge on any atom is 0.156 e. The zero-order chi connectivity index (χ0) is 16.7. The average Bonchev–Trinajstić information content (AvgIpc) is 3.03. The molecule has 6 nitrogen and oxygen atoms in total. The number of nitrogens with zero attached hydrogens (tertiary/aromatic N) is 4. The highest BCUT2D eigenvalue weighted by Gasteiger charge is 2.15. The Kier molecular flexibility index (Phi) is 6.88. The monoisotopic (exact) mass is 336 g/mol. The van der Waals surface area contributed by atoms with Crippen LogP contribution < -0.4 is 4.74 Å². The fraction of sp³-hybridized carbons (Fsp3) is 0.500. The second-order valence-corrected chi connectivity index (χ2v) is 6.62. The van der Waals surface area contributed by atoms with E-state index >= 15 is 0 Å². The maximum atomic E-state index is 12.4. The zero-order valence-electron chi connectivity index (χ0n) is 13.9. The van der Waals surface area contributed by atoms with Crippen molar-refractivity contribution in [1.82, 2.24) is 19.9 Å². The number of aromatic nitrogens is 3. The molecule has 1 heterocycles. The molecule has 0 aliphatic carbocycles. The molecule has 0 fully saturated rings. The molecule has 1 unspecified atom stereocenters. The summed E-state index contributed by atoms with van der Waals surface area (Å²) in [4.78, 5) is 3.10. The summed E-state index contributed by atoms with van der Waals surface area (Å²) in [5.41, 5.74) is 0.749. The first-order chi connectivity index (χ1) is 11.2. The molecular weight excluding hydrogens is 312 g/mol. The van der Waals surface area contributed by atoms with E-state index < -0.39 is 11.2 Å². The Morgan fingerprint density at radius 3 is 2.52 bits per heavy atom. The summed E-state index contributed by atoms with van der Waals surface area (Å²) in [6, 6.07) is 7.27. The quantitative estimate of drug-likeness (QED) is 0.655. The number of likely N-dealkylation sites (N-methyl/N-ethyl adjacent to an activating group) is 1. The largest absolute Gasteiger partial charge is 0.611 e. The highest BCUT2D eigenvalue weighted by molar-refractivity contribution is 7.90. The third-order valence-corrected chi connectivity index (χ3v) is 5.08. The van der Waals surface area contributed by atoms with Gasteiger partial charge in [-0.3, -0.25) is 4.68 Å². The molecule has 0 radical (unpaired) electrons. The van der Waals surface area contributed by atoms with Crippen LogP contribution in [0.2, 0.25) is 0 Å². The van der Waals surface area contributed by atoms with Gasteiger partial charge in [-0.25, -0.2) is 0 Å². The third-order valence-electron chi connectivity index (χ3n) is 3.73. The summed E-state index contributed by atoms with van der Waals surface area (Å²) in [6.07, 6.45) is 1.88. The lowest BCUT2D eigenvalue weighted by molar-refractivity contribution is 0.284. The molecule has 2 aromatic rings. The number of hydrogen-bond donors (Lipinski definition) is 0. The van der Waals surface area contributed by atoms with Gasteiger partial charge in [-0.1, -0.05) is 19.1 Å². The van der Waals surface area contributed by atoms with E-state index in [1.807, 2.05) is 35.1 Å². The molecular formula is C16H24N4O2S. The standard InChI is InChI=1S/C16H24N4O2S/c1-4-19(5-2)10-11-20-12-14(17-18-20)13-23(21)16-8-6-15(22-3)7-9-16/h6-9,12H,4-5,10-11,13H2,1-3H3.